The monoisotopic (exact) mass is 460 g/mol. The third-order valence-corrected chi connectivity index (χ3v) is 8.74. The van der Waals surface area contributed by atoms with Gasteiger partial charge in [-0.2, -0.15) is 5.10 Å². The number of H-pyrrole nitrogens is 1. The number of rotatable bonds is 4. The number of hydrogen-bond acceptors (Lipinski definition) is 4. The van der Waals surface area contributed by atoms with Crippen LogP contribution in [0.4, 0.5) is 0 Å². The van der Waals surface area contributed by atoms with Crippen LogP contribution in [0.15, 0.2) is 35.9 Å². The number of ether oxygens (including phenoxy) is 1. The maximum Gasteiger partial charge on any atom is 0.227 e. The molecular weight excluding hydrogens is 424 g/mol. The van der Waals surface area contributed by atoms with E-state index < -0.39 is 0 Å². The van der Waals surface area contributed by atoms with Gasteiger partial charge in [-0.3, -0.25) is 14.8 Å². The van der Waals surface area contributed by atoms with Gasteiger partial charge in [0.15, 0.2) is 0 Å². The number of amides is 1. The second-order valence-corrected chi connectivity index (χ2v) is 10.7. The summed E-state index contributed by atoms with van der Waals surface area (Å²) in [7, 11) is 1.67. The second-order valence-electron chi connectivity index (χ2n) is 10.7. The van der Waals surface area contributed by atoms with Crippen LogP contribution in [0.3, 0.4) is 0 Å². The van der Waals surface area contributed by atoms with Gasteiger partial charge in [-0.1, -0.05) is 18.1 Å². The van der Waals surface area contributed by atoms with Gasteiger partial charge in [0.05, 0.1) is 25.3 Å². The number of nitrogens with zero attached hydrogens (tertiary/aromatic N) is 3. The van der Waals surface area contributed by atoms with E-state index in [1.54, 1.807) is 12.7 Å². The van der Waals surface area contributed by atoms with Crippen molar-refractivity contribution >= 4 is 5.91 Å². The van der Waals surface area contributed by atoms with Gasteiger partial charge in [0.2, 0.25) is 5.91 Å². The van der Waals surface area contributed by atoms with E-state index in [0.717, 1.165) is 60.2 Å². The van der Waals surface area contributed by atoms with E-state index in [0.29, 0.717) is 18.3 Å². The van der Waals surface area contributed by atoms with Crippen LogP contribution in [0, 0.1) is 18.8 Å². The summed E-state index contributed by atoms with van der Waals surface area (Å²) in [6.07, 6.45) is 10.5. The molecule has 1 aromatic heterocycles. The highest BCUT2D eigenvalue weighted by atomic mass is 16.5. The Labute approximate surface area is 202 Å². The SMILES string of the molecule is COc1ccc(-c2n[nH]c(C)c2CC(=O)N2CCCC3=CC4CC(CN5CCCCC45)C32)cc1. The first-order valence-electron chi connectivity index (χ1n) is 13.0. The van der Waals surface area contributed by atoms with Crippen LogP contribution in [0.1, 0.15) is 49.8 Å². The Morgan fingerprint density at radius 2 is 2.03 bits per heavy atom. The van der Waals surface area contributed by atoms with E-state index in [9.17, 15) is 4.79 Å². The minimum absolute atomic E-state index is 0.245. The first-order chi connectivity index (χ1) is 16.6. The molecule has 180 valence electrons. The molecule has 3 aliphatic heterocycles. The quantitative estimate of drug-likeness (QED) is 0.689. The van der Waals surface area contributed by atoms with Crippen molar-refractivity contribution < 1.29 is 9.53 Å². The van der Waals surface area contributed by atoms with E-state index in [1.807, 2.05) is 31.2 Å². The van der Waals surface area contributed by atoms with Gasteiger partial charge < -0.3 is 9.64 Å². The van der Waals surface area contributed by atoms with Crippen LogP contribution in [0.2, 0.25) is 0 Å². The van der Waals surface area contributed by atoms with Crippen molar-refractivity contribution in [2.75, 3.05) is 26.7 Å². The smallest absolute Gasteiger partial charge is 0.227 e. The normalized spacial score (nSPS) is 28.6. The maximum atomic E-state index is 13.8. The molecule has 1 N–H and O–H groups in total. The third kappa shape index (κ3) is 3.76. The fourth-order valence-corrected chi connectivity index (χ4v) is 7.16. The molecule has 34 heavy (non-hydrogen) atoms. The highest BCUT2D eigenvalue weighted by Gasteiger charge is 2.46. The number of benzene rings is 1. The summed E-state index contributed by atoms with van der Waals surface area (Å²) in [5.41, 5.74) is 5.42. The summed E-state index contributed by atoms with van der Waals surface area (Å²) in [5, 5.41) is 7.69. The van der Waals surface area contributed by atoms with Crippen LogP contribution in [-0.4, -0.2) is 64.7 Å². The Bertz CT molecular complexity index is 1090. The van der Waals surface area contributed by atoms with Crippen molar-refractivity contribution in [1.29, 1.82) is 0 Å². The van der Waals surface area contributed by atoms with Crippen molar-refractivity contribution in [3.63, 3.8) is 0 Å². The predicted molar refractivity (Wildman–Crippen MR) is 133 cm³/mol. The zero-order valence-corrected chi connectivity index (χ0v) is 20.4. The predicted octanol–water partition coefficient (Wildman–Crippen LogP) is 4.36. The molecule has 4 aliphatic rings. The number of aromatic amines is 1. The molecule has 2 bridgehead atoms. The lowest BCUT2D eigenvalue weighted by molar-refractivity contribution is -0.135. The molecule has 1 aliphatic carbocycles. The van der Waals surface area contributed by atoms with Gasteiger partial charge in [0.1, 0.15) is 5.75 Å². The zero-order chi connectivity index (χ0) is 23.2. The first kappa shape index (κ1) is 21.9. The molecule has 0 saturated carbocycles. The highest BCUT2D eigenvalue weighted by molar-refractivity contribution is 5.82. The van der Waals surface area contributed by atoms with Crippen molar-refractivity contribution in [3.05, 3.63) is 47.2 Å². The van der Waals surface area contributed by atoms with E-state index in [1.165, 1.54) is 32.2 Å². The van der Waals surface area contributed by atoms with Crippen LogP contribution >= 0.6 is 0 Å². The van der Waals surface area contributed by atoms with Crippen molar-refractivity contribution in [3.8, 4) is 17.0 Å². The summed E-state index contributed by atoms with van der Waals surface area (Å²) >= 11 is 0. The molecule has 6 rings (SSSR count). The Balaban J connectivity index is 1.25. The number of carbonyl (C=O) groups is 1. The molecule has 6 heteroatoms. The Hall–Kier alpha value is -2.60. The molecule has 3 saturated heterocycles. The number of aryl methyl sites for hydroxylation is 1. The lowest BCUT2D eigenvalue weighted by atomic mass is 9.68. The molecule has 1 aromatic carbocycles. The number of aromatic nitrogens is 2. The first-order valence-corrected chi connectivity index (χ1v) is 13.0. The summed E-state index contributed by atoms with van der Waals surface area (Å²) < 4.78 is 5.30. The minimum atomic E-state index is 0.245. The van der Waals surface area contributed by atoms with Gasteiger partial charge in [-0.25, -0.2) is 0 Å². The van der Waals surface area contributed by atoms with Gasteiger partial charge >= 0.3 is 0 Å². The Kier molecular flexibility index (Phi) is 5.72. The number of fused-ring (bicyclic) bond motifs is 6. The molecule has 1 amide bonds. The molecule has 3 fully saturated rings. The number of hydrogen-bond donors (Lipinski definition) is 1. The fraction of sp³-hybridized carbons (Fsp3) is 0.571. The van der Waals surface area contributed by atoms with E-state index in [-0.39, 0.29) is 11.9 Å². The molecule has 0 spiro atoms. The van der Waals surface area contributed by atoms with Gasteiger partial charge in [-0.05, 0) is 81.7 Å². The largest absolute Gasteiger partial charge is 0.497 e. The zero-order valence-electron chi connectivity index (χ0n) is 20.4. The summed E-state index contributed by atoms with van der Waals surface area (Å²) in [6, 6.07) is 8.96. The number of piperidine rings is 3. The molecule has 4 atom stereocenters. The average molecular weight is 461 g/mol. The topological polar surface area (TPSA) is 61.5 Å². The Morgan fingerprint density at radius 3 is 2.85 bits per heavy atom. The standard InChI is InChI=1S/C28H36N4O2/c1-18-24(27(30-29-18)19-8-10-23(34-2)11-9-19)16-26(33)32-13-5-6-20-14-21-15-22(28(20)32)17-31-12-4-3-7-25(21)31/h8-11,14,21-22,25,28H,3-7,12-13,15-17H2,1-2H3,(H,29,30). The lowest BCUT2D eigenvalue weighted by Gasteiger charge is -2.54. The number of carbonyl (C=O) groups excluding carboxylic acids is 1. The van der Waals surface area contributed by atoms with Crippen molar-refractivity contribution in [2.45, 2.75) is 64.0 Å². The maximum absolute atomic E-state index is 13.8. The molecule has 2 aromatic rings. The number of likely N-dealkylation sites (tertiary alicyclic amines) is 1. The molecule has 0 radical (unpaired) electrons. The summed E-state index contributed by atoms with van der Waals surface area (Å²) in [6.45, 7) is 5.29. The van der Waals surface area contributed by atoms with Crippen LogP contribution in [0.5, 0.6) is 5.75 Å². The summed E-state index contributed by atoms with van der Waals surface area (Å²) in [5.74, 6) is 2.34. The van der Waals surface area contributed by atoms with Gasteiger partial charge in [0.25, 0.3) is 0 Å². The highest BCUT2D eigenvalue weighted by Crippen LogP contribution is 2.45. The van der Waals surface area contributed by atoms with Crippen LogP contribution < -0.4 is 4.74 Å². The van der Waals surface area contributed by atoms with Gasteiger partial charge in [0, 0.05) is 36.0 Å². The summed E-state index contributed by atoms with van der Waals surface area (Å²) in [4.78, 5) is 18.8. The van der Waals surface area contributed by atoms with Crippen molar-refractivity contribution in [1.82, 2.24) is 20.0 Å². The van der Waals surface area contributed by atoms with E-state index >= 15 is 0 Å². The number of methoxy groups -OCH3 is 1. The van der Waals surface area contributed by atoms with E-state index in [4.69, 9.17) is 4.74 Å². The average Bonchev–Trinajstić information content (AvgIpc) is 3.23. The van der Waals surface area contributed by atoms with Crippen LogP contribution in [0.25, 0.3) is 11.3 Å². The lowest BCUT2D eigenvalue weighted by Crippen LogP contribution is -2.60. The fourth-order valence-electron chi connectivity index (χ4n) is 7.16. The molecule has 6 nitrogen and oxygen atoms in total. The van der Waals surface area contributed by atoms with E-state index in [2.05, 4.69) is 26.1 Å². The molecular formula is C28H36N4O2. The van der Waals surface area contributed by atoms with Gasteiger partial charge in [-0.15, -0.1) is 0 Å². The minimum Gasteiger partial charge on any atom is -0.497 e. The third-order valence-electron chi connectivity index (χ3n) is 8.74. The van der Waals surface area contributed by atoms with Crippen molar-refractivity contribution in [2.24, 2.45) is 11.8 Å². The molecule has 4 heterocycles. The second kappa shape index (κ2) is 8.88. The molecule has 4 unspecified atom stereocenters. The Morgan fingerprint density at radius 1 is 1.18 bits per heavy atom. The number of nitrogens with one attached hydrogen (secondary N) is 1. The van der Waals surface area contributed by atoms with Crippen LogP contribution in [-0.2, 0) is 11.2 Å².